The predicted octanol–water partition coefficient (Wildman–Crippen LogP) is 5.61. The Labute approximate surface area is 190 Å². The largest absolute Gasteiger partial charge is 0.490 e. The van der Waals surface area contributed by atoms with E-state index < -0.39 is 0 Å². The Morgan fingerprint density at radius 3 is 2.65 bits per heavy atom. The van der Waals surface area contributed by atoms with E-state index in [9.17, 15) is 4.79 Å². The monoisotopic (exact) mass is 477 g/mol. The van der Waals surface area contributed by atoms with Gasteiger partial charge in [0.1, 0.15) is 0 Å². The van der Waals surface area contributed by atoms with Crippen LogP contribution in [0.1, 0.15) is 48.3 Å². The molecule has 0 unspecified atom stereocenters. The van der Waals surface area contributed by atoms with Crippen LogP contribution in [0, 0.1) is 0 Å². The van der Waals surface area contributed by atoms with Gasteiger partial charge in [-0.25, -0.2) is 0 Å². The summed E-state index contributed by atoms with van der Waals surface area (Å²) in [4.78, 5) is 15.5. The van der Waals surface area contributed by atoms with Gasteiger partial charge in [0.05, 0.1) is 13.2 Å². The van der Waals surface area contributed by atoms with Gasteiger partial charge in [0, 0.05) is 52.3 Å². The van der Waals surface area contributed by atoms with Crippen molar-refractivity contribution >= 4 is 27.4 Å². The highest BCUT2D eigenvalue weighted by Gasteiger charge is 2.38. The number of ether oxygens (including phenoxy) is 2. The average molecular weight is 478 g/mol. The maximum absolute atomic E-state index is 13.1. The molecule has 3 aliphatic heterocycles. The first kappa shape index (κ1) is 19.2. The van der Waals surface area contributed by atoms with E-state index in [1.807, 2.05) is 6.07 Å². The summed E-state index contributed by atoms with van der Waals surface area (Å²) in [5.74, 6) is 1.97. The highest BCUT2D eigenvalue weighted by molar-refractivity contribution is 9.10. The maximum Gasteiger partial charge on any atom is 0.161 e. The summed E-state index contributed by atoms with van der Waals surface area (Å²) in [5, 5.41) is 0. The van der Waals surface area contributed by atoms with Gasteiger partial charge >= 0.3 is 0 Å². The molecule has 0 saturated carbocycles. The van der Waals surface area contributed by atoms with E-state index in [4.69, 9.17) is 9.47 Å². The second-order valence-corrected chi connectivity index (χ2v) is 9.55. The number of carbonyl (C=O) groups is 1. The van der Waals surface area contributed by atoms with Crippen molar-refractivity contribution in [1.82, 2.24) is 4.90 Å². The fourth-order valence-corrected chi connectivity index (χ4v) is 5.76. The van der Waals surface area contributed by atoms with Crippen molar-refractivity contribution in [3.05, 3.63) is 74.9 Å². The number of halogens is 1. The second-order valence-electron chi connectivity index (χ2n) is 8.63. The number of rotatable bonds is 1. The van der Waals surface area contributed by atoms with Crippen LogP contribution in [0.5, 0.6) is 11.5 Å². The Bertz CT molecular complexity index is 1150. The molecule has 0 spiro atoms. The fraction of sp³-hybridized carbons (Fsp3) is 0.346. The molecule has 31 heavy (non-hydrogen) atoms. The molecular weight excluding hydrogens is 454 g/mol. The molecule has 0 N–H and O–H groups in total. The van der Waals surface area contributed by atoms with E-state index in [0.717, 1.165) is 59.3 Å². The quantitative estimate of drug-likeness (QED) is 0.534. The summed E-state index contributed by atoms with van der Waals surface area (Å²) < 4.78 is 13.0. The molecule has 1 atom stereocenters. The van der Waals surface area contributed by atoms with Crippen molar-refractivity contribution in [2.75, 3.05) is 19.8 Å². The third-order valence-corrected chi connectivity index (χ3v) is 7.24. The first-order valence-corrected chi connectivity index (χ1v) is 11.9. The lowest BCUT2D eigenvalue weighted by Crippen LogP contribution is -2.36. The SMILES string of the molecule is O=C1CCCC2=C1[C@@H](c1cccc(Br)c1)C=C1c3cc4c(cc3CCN12)OCCCO4. The molecule has 6 rings (SSSR count). The van der Waals surface area contributed by atoms with Crippen LogP contribution in [-0.2, 0) is 11.2 Å². The highest BCUT2D eigenvalue weighted by Crippen LogP contribution is 2.48. The number of nitrogens with zero attached hydrogens (tertiary/aromatic N) is 1. The van der Waals surface area contributed by atoms with Gasteiger partial charge < -0.3 is 14.4 Å². The Morgan fingerprint density at radius 2 is 1.81 bits per heavy atom. The molecule has 5 heteroatoms. The molecule has 0 bridgehead atoms. The molecule has 3 heterocycles. The van der Waals surface area contributed by atoms with Gasteiger partial charge in [0.2, 0.25) is 0 Å². The van der Waals surface area contributed by atoms with Crippen LogP contribution in [0.25, 0.3) is 5.70 Å². The zero-order valence-corrected chi connectivity index (χ0v) is 18.9. The molecule has 0 radical (unpaired) electrons. The third kappa shape index (κ3) is 3.21. The molecule has 2 aromatic rings. The summed E-state index contributed by atoms with van der Waals surface area (Å²) in [6.45, 7) is 2.28. The van der Waals surface area contributed by atoms with Crippen LogP contribution in [0.15, 0.2) is 58.2 Å². The molecule has 4 aliphatic rings. The van der Waals surface area contributed by atoms with Crippen LogP contribution in [0.2, 0.25) is 0 Å². The Balaban J connectivity index is 1.52. The van der Waals surface area contributed by atoms with E-state index in [-0.39, 0.29) is 5.92 Å². The molecule has 2 aromatic carbocycles. The first-order chi connectivity index (χ1) is 15.2. The van der Waals surface area contributed by atoms with Crippen molar-refractivity contribution in [2.45, 2.75) is 38.0 Å². The number of hydrogen-bond donors (Lipinski definition) is 0. The second kappa shape index (κ2) is 7.56. The topological polar surface area (TPSA) is 38.8 Å². The third-order valence-electron chi connectivity index (χ3n) is 6.74. The van der Waals surface area contributed by atoms with Crippen molar-refractivity contribution in [3.63, 3.8) is 0 Å². The zero-order chi connectivity index (χ0) is 20.9. The van der Waals surface area contributed by atoms with Crippen LogP contribution < -0.4 is 9.47 Å². The van der Waals surface area contributed by atoms with E-state index in [1.54, 1.807) is 0 Å². The Morgan fingerprint density at radius 1 is 0.968 bits per heavy atom. The van der Waals surface area contributed by atoms with Gasteiger partial charge in [-0.3, -0.25) is 4.79 Å². The fourth-order valence-electron chi connectivity index (χ4n) is 5.34. The first-order valence-electron chi connectivity index (χ1n) is 11.1. The molecule has 0 fully saturated rings. The van der Waals surface area contributed by atoms with Crippen LogP contribution >= 0.6 is 15.9 Å². The molecule has 0 aromatic heterocycles. The van der Waals surface area contributed by atoms with Gasteiger partial charge in [0.25, 0.3) is 0 Å². The zero-order valence-electron chi connectivity index (χ0n) is 17.3. The number of Topliss-reactive ketones (excluding diaryl/α,β-unsaturated/α-hetero) is 1. The Kier molecular flexibility index (Phi) is 4.67. The number of benzene rings is 2. The standard InChI is InChI=1S/C26H24BrNO3/c27-18-5-1-4-16(12-18)20-14-22-19-15-25-24(30-10-3-11-31-25)13-17(19)8-9-28(22)21-6-2-7-23(29)26(20)21/h1,4-5,12-15,20H,2-3,6-11H2/t20-/m1/s1. The summed E-state index contributed by atoms with van der Waals surface area (Å²) in [6.07, 6.45) is 6.68. The highest BCUT2D eigenvalue weighted by atomic mass is 79.9. The van der Waals surface area contributed by atoms with Gasteiger partial charge in [-0.1, -0.05) is 28.1 Å². The van der Waals surface area contributed by atoms with E-state index >= 15 is 0 Å². The van der Waals surface area contributed by atoms with E-state index in [1.165, 1.54) is 22.5 Å². The normalized spacial score (nSPS) is 22.2. The number of hydrogen-bond acceptors (Lipinski definition) is 4. The van der Waals surface area contributed by atoms with Crippen molar-refractivity contribution in [2.24, 2.45) is 0 Å². The van der Waals surface area contributed by atoms with Crippen molar-refractivity contribution in [1.29, 1.82) is 0 Å². The minimum Gasteiger partial charge on any atom is -0.490 e. The smallest absolute Gasteiger partial charge is 0.161 e. The van der Waals surface area contributed by atoms with Crippen LogP contribution in [0.3, 0.4) is 0 Å². The Hall–Kier alpha value is -2.53. The summed E-state index contributed by atoms with van der Waals surface area (Å²) in [7, 11) is 0. The molecule has 1 aliphatic carbocycles. The molecule has 0 amide bonds. The molecular formula is C26H24BrNO3. The predicted molar refractivity (Wildman–Crippen MR) is 123 cm³/mol. The lowest BCUT2D eigenvalue weighted by atomic mass is 9.77. The van der Waals surface area contributed by atoms with Crippen LogP contribution in [-0.4, -0.2) is 30.4 Å². The maximum atomic E-state index is 13.1. The number of ketones is 1. The van der Waals surface area contributed by atoms with Gasteiger partial charge in [-0.15, -0.1) is 0 Å². The van der Waals surface area contributed by atoms with Gasteiger partial charge in [-0.2, -0.15) is 0 Å². The van der Waals surface area contributed by atoms with Crippen LogP contribution in [0.4, 0.5) is 0 Å². The number of fused-ring (bicyclic) bond motifs is 5. The minimum absolute atomic E-state index is 0.0199. The lowest BCUT2D eigenvalue weighted by Gasteiger charge is -2.43. The van der Waals surface area contributed by atoms with Crippen molar-refractivity contribution in [3.8, 4) is 11.5 Å². The number of allylic oxidation sites excluding steroid dienone is 3. The lowest BCUT2D eigenvalue weighted by molar-refractivity contribution is -0.116. The summed E-state index contributed by atoms with van der Waals surface area (Å²) in [6, 6.07) is 12.7. The van der Waals surface area contributed by atoms with Gasteiger partial charge in [-0.05, 0) is 60.7 Å². The molecule has 0 saturated heterocycles. The molecule has 4 nitrogen and oxygen atoms in total. The number of carbonyl (C=O) groups excluding carboxylic acids is 1. The van der Waals surface area contributed by atoms with Crippen molar-refractivity contribution < 1.29 is 14.3 Å². The van der Waals surface area contributed by atoms with E-state index in [0.29, 0.717) is 25.4 Å². The molecule has 158 valence electrons. The summed E-state index contributed by atoms with van der Waals surface area (Å²) >= 11 is 3.61. The summed E-state index contributed by atoms with van der Waals surface area (Å²) in [5.41, 5.74) is 7.08. The van der Waals surface area contributed by atoms with Gasteiger partial charge in [0.15, 0.2) is 17.3 Å². The van der Waals surface area contributed by atoms with E-state index in [2.05, 4.69) is 57.2 Å². The minimum atomic E-state index is -0.0199. The average Bonchev–Trinajstić information content (AvgIpc) is 3.02.